The van der Waals surface area contributed by atoms with Crippen molar-refractivity contribution in [1.29, 1.82) is 0 Å². The van der Waals surface area contributed by atoms with E-state index in [-0.39, 0.29) is 17.0 Å². The maximum Gasteiger partial charge on any atom is 0.329 e. The fraction of sp³-hybridized carbons (Fsp3) is 0.474. The van der Waals surface area contributed by atoms with Gasteiger partial charge in [-0.1, -0.05) is 19.4 Å². The lowest BCUT2D eigenvalue weighted by molar-refractivity contribution is -0.146. The predicted octanol–water partition coefficient (Wildman–Crippen LogP) is 2.30. The second-order valence-corrected chi connectivity index (χ2v) is 8.62. The molecule has 0 spiro atoms. The molecule has 0 atom stereocenters. The minimum Gasteiger partial charge on any atom is -0.480 e. The van der Waals surface area contributed by atoms with Gasteiger partial charge < -0.3 is 10.4 Å². The summed E-state index contributed by atoms with van der Waals surface area (Å²) in [6, 6.07) is 5.40. The molecule has 0 aliphatic heterocycles. The molecule has 8 heteroatoms. The molecule has 148 valence electrons. The van der Waals surface area contributed by atoms with Crippen LogP contribution in [-0.4, -0.2) is 37.5 Å². The van der Waals surface area contributed by atoms with Crippen LogP contribution in [0, 0.1) is 5.92 Å². The Hall–Kier alpha value is -2.19. The molecule has 0 aromatic heterocycles. The van der Waals surface area contributed by atoms with Gasteiger partial charge in [-0.2, -0.15) is 0 Å². The lowest BCUT2D eigenvalue weighted by atomic mass is 9.75. The van der Waals surface area contributed by atoms with E-state index >= 15 is 0 Å². The highest BCUT2D eigenvalue weighted by molar-refractivity contribution is 7.89. The summed E-state index contributed by atoms with van der Waals surface area (Å²) < 4.78 is 26.4. The molecule has 0 unspecified atom stereocenters. The standard InChI is InChI=1S/C19H26N2O5S/c1-3-13-20-27(25,26)16-7-5-15(6-8-16)17(22)21-19(18(23)24)11-9-14(4-2)10-12-19/h3,5-8,14,20H,1,4,9-13H2,2H3,(H,21,22)(H,23,24). The van der Waals surface area contributed by atoms with Gasteiger partial charge in [0.05, 0.1) is 4.90 Å². The van der Waals surface area contributed by atoms with Gasteiger partial charge in [-0.25, -0.2) is 17.9 Å². The van der Waals surface area contributed by atoms with Crippen LogP contribution in [0.1, 0.15) is 49.4 Å². The van der Waals surface area contributed by atoms with Crippen LogP contribution in [0.15, 0.2) is 41.8 Å². The molecule has 0 bridgehead atoms. The highest BCUT2D eigenvalue weighted by Gasteiger charge is 2.43. The molecule has 2 rings (SSSR count). The minimum atomic E-state index is -3.67. The third-order valence-corrected chi connectivity index (χ3v) is 6.58. The van der Waals surface area contributed by atoms with Gasteiger partial charge in [0, 0.05) is 12.1 Å². The summed E-state index contributed by atoms with van der Waals surface area (Å²) in [4.78, 5) is 24.4. The summed E-state index contributed by atoms with van der Waals surface area (Å²) in [5, 5.41) is 12.3. The van der Waals surface area contributed by atoms with Crippen molar-refractivity contribution in [3.63, 3.8) is 0 Å². The van der Waals surface area contributed by atoms with E-state index in [1.54, 1.807) is 0 Å². The lowest BCUT2D eigenvalue weighted by Gasteiger charge is -2.37. The van der Waals surface area contributed by atoms with Gasteiger partial charge in [0.15, 0.2) is 0 Å². The minimum absolute atomic E-state index is 0.0253. The number of hydrogen-bond acceptors (Lipinski definition) is 4. The smallest absolute Gasteiger partial charge is 0.329 e. The number of amides is 1. The summed E-state index contributed by atoms with van der Waals surface area (Å²) in [6.45, 7) is 5.63. The van der Waals surface area contributed by atoms with Crippen molar-refractivity contribution in [3.05, 3.63) is 42.5 Å². The van der Waals surface area contributed by atoms with Crippen LogP contribution in [0.3, 0.4) is 0 Å². The maximum absolute atomic E-state index is 12.6. The number of hydrogen-bond donors (Lipinski definition) is 3. The fourth-order valence-corrected chi connectivity index (χ4v) is 4.30. The molecule has 1 amide bonds. The monoisotopic (exact) mass is 394 g/mol. The maximum atomic E-state index is 12.6. The van der Waals surface area contributed by atoms with E-state index in [4.69, 9.17) is 0 Å². The van der Waals surface area contributed by atoms with E-state index in [9.17, 15) is 23.1 Å². The first-order chi connectivity index (χ1) is 12.7. The van der Waals surface area contributed by atoms with Crippen molar-refractivity contribution in [2.75, 3.05) is 6.54 Å². The van der Waals surface area contributed by atoms with E-state index in [2.05, 4.69) is 23.5 Å². The molecule has 1 fully saturated rings. The topological polar surface area (TPSA) is 113 Å². The van der Waals surface area contributed by atoms with Gasteiger partial charge >= 0.3 is 5.97 Å². The molecule has 1 aliphatic rings. The first-order valence-electron chi connectivity index (χ1n) is 9.00. The molecule has 1 aliphatic carbocycles. The molecular formula is C19H26N2O5S. The Labute approximate surface area is 159 Å². The van der Waals surface area contributed by atoms with Crippen molar-refractivity contribution in [1.82, 2.24) is 10.0 Å². The Morgan fingerprint density at radius 3 is 2.33 bits per heavy atom. The zero-order valence-corrected chi connectivity index (χ0v) is 16.2. The average molecular weight is 394 g/mol. The SMILES string of the molecule is C=CCNS(=O)(=O)c1ccc(C(=O)NC2(C(=O)O)CCC(CC)CC2)cc1. The molecule has 1 aromatic carbocycles. The third-order valence-electron chi connectivity index (χ3n) is 5.14. The number of aliphatic carboxylic acids is 1. The Kier molecular flexibility index (Phi) is 6.78. The van der Waals surface area contributed by atoms with Crippen LogP contribution < -0.4 is 10.0 Å². The van der Waals surface area contributed by atoms with Crippen LogP contribution in [0.5, 0.6) is 0 Å². The number of nitrogens with one attached hydrogen (secondary N) is 2. The number of sulfonamides is 1. The molecule has 0 heterocycles. The molecule has 27 heavy (non-hydrogen) atoms. The molecule has 0 radical (unpaired) electrons. The van der Waals surface area contributed by atoms with E-state index in [1.165, 1.54) is 30.3 Å². The number of benzene rings is 1. The Balaban J connectivity index is 2.13. The van der Waals surface area contributed by atoms with Gasteiger partial charge in [-0.15, -0.1) is 6.58 Å². The summed E-state index contributed by atoms with van der Waals surface area (Å²) in [5.41, 5.74) is -1.05. The van der Waals surface area contributed by atoms with Crippen LogP contribution in [0.2, 0.25) is 0 Å². The number of carboxylic acid groups (broad SMARTS) is 1. The second kappa shape index (κ2) is 8.67. The normalized spacial score (nSPS) is 22.8. The predicted molar refractivity (Wildman–Crippen MR) is 102 cm³/mol. The first kappa shape index (κ1) is 21.1. The van der Waals surface area contributed by atoms with Gasteiger partial charge in [-0.05, 0) is 55.9 Å². The third kappa shape index (κ3) is 4.95. The molecule has 7 nitrogen and oxygen atoms in total. The molecule has 1 saturated carbocycles. The number of carboxylic acids is 1. The molecule has 1 aromatic rings. The summed E-state index contributed by atoms with van der Waals surface area (Å²) in [5.74, 6) is -1.06. The summed E-state index contributed by atoms with van der Waals surface area (Å²) in [7, 11) is -3.67. The highest BCUT2D eigenvalue weighted by atomic mass is 32.2. The van der Waals surface area contributed by atoms with Crippen LogP contribution in [0.4, 0.5) is 0 Å². The quantitative estimate of drug-likeness (QED) is 0.586. The van der Waals surface area contributed by atoms with Crippen molar-refractivity contribution < 1.29 is 23.1 Å². The second-order valence-electron chi connectivity index (χ2n) is 6.86. The van der Waals surface area contributed by atoms with Crippen molar-refractivity contribution in [2.45, 2.75) is 49.5 Å². The van der Waals surface area contributed by atoms with Crippen molar-refractivity contribution >= 4 is 21.9 Å². The van der Waals surface area contributed by atoms with E-state index in [0.29, 0.717) is 18.8 Å². The summed E-state index contributed by atoms with van der Waals surface area (Å²) >= 11 is 0. The average Bonchev–Trinajstić information content (AvgIpc) is 2.67. The van der Waals surface area contributed by atoms with Gasteiger partial charge in [0.25, 0.3) is 5.91 Å². The number of carbonyl (C=O) groups is 2. The fourth-order valence-electron chi connectivity index (χ4n) is 3.30. The molecule has 0 saturated heterocycles. The Morgan fingerprint density at radius 2 is 1.85 bits per heavy atom. The lowest BCUT2D eigenvalue weighted by Crippen LogP contribution is -2.56. The van der Waals surface area contributed by atoms with E-state index in [1.807, 2.05) is 0 Å². The summed E-state index contributed by atoms with van der Waals surface area (Å²) in [6.07, 6.45) is 4.73. The van der Waals surface area contributed by atoms with E-state index in [0.717, 1.165) is 19.3 Å². The largest absolute Gasteiger partial charge is 0.480 e. The van der Waals surface area contributed by atoms with E-state index < -0.39 is 27.4 Å². The molecule has 3 N–H and O–H groups in total. The van der Waals surface area contributed by atoms with Crippen molar-refractivity contribution in [3.8, 4) is 0 Å². The zero-order chi connectivity index (χ0) is 20.1. The Bertz CT molecular complexity index is 794. The van der Waals surface area contributed by atoms with Crippen LogP contribution >= 0.6 is 0 Å². The molecular weight excluding hydrogens is 368 g/mol. The van der Waals surface area contributed by atoms with Crippen LogP contribution in [0.25, 0.3) is 0 Å². The van der Waals surface area contributed by atoms with Gasteiger partial charge in [0.2, 0.25) is 10.0 Å². The highest BCUT2D eigenvalue weighted by Crippen LogP contribution is 2.34. The number of rotatable bonds is 8. The number of carbonyl (C=O) groups excluding carboxylic acids is 1. The van der Waals surface area contributed by atoms with Crippen LogP contribution in [-0.2, 0) is 14.8 Å². The van der Waals surface area contributed by atoms with Gasteiger partial charge in [-0.3, -0.25) is 4.79 Å². The zero-order valence-electron chi connectivity index (χ0n) is 15.4. The Morgan fingerprint density at radius 1 is 1.26 bits per heavy atom. The van der Waals surface area contributed by atoms with Gasteiger partial charge in [0.1, 0.15) is 5.54 Å². The first-order valence-corrected chi connectivity index (χ1v) is 10.5. The van der Waals surface area contributed by atoms with Crippen molar-refractivity contribution in [2.24, 2.45) is 5.92 Å².